The summed E-state index contributed by atoms with van der Waals surface area (Å²) in [5, 5.41) is 0.526. The van der Waals surface area contributed by atoms with Crippen molar-refractivity contribution in [2.75, 3.05) is 0 Å². The van der Waals surface area contributed by atoms with Crippen LogP contribution in [0.25, 0.3) is 11.1 Å². The molecule has 0 saturated carbocycles. The molecule has 0 amide bonds. The van der Waals surface area contributed by atoms with Crippen molar-refractivity contribution in [1.82, 2.24) is 0 Å². The van der Waals surface area contributed by atoms with Gasteiger partial charge in [0.2, 0.25) is 0 Å². The summed E-state index contributed by atoms with van der Waals surface area (Å²) in [7, 11) is 0. The monoisotopic (exact) mass is 432 g/mol. The fourth-order valence-corrected chi connectivity index (χ4v) is 3.46. The van der Waals surface area contributed by atoms with Gasteiger partial charge in [0.25, 0.3) is 0 Å². The Bertz CT molecular complexity index is 1030. The van der Waals surface area contributed by atoms with Gasteiger partial charge in [-0.3, -0.25) is 4.79 Å². The van der Waals surface area contributed by atoms with E-state index in [1.165, 1.54) is 12.1 Å². The number of hydrogen-bond acceptors (Lipinski definition) is 2. The summed E-state index contributed by atoms with van der Waals surface area (Å²) in [6.07, 6.45) is 0. The Kier molecular flexibility index (Phi) is 6.83. The summed E-state index contributed by atoms with van der Waals surface area (Å²) in [4.78, 5) is 12.7. The molecule has 0 aliphatic rings. The van der Waals surface area contributed by atoms with Gasteiger partial charge < -0.3 is 4.74 Å². The van der Waals surface area contributed by atoms with E-state index in [1.54, 1.807) is 42.5 Å². The summed E-state index contributed by atoms with van der Waals surface area (Å²) in [6.45, 7) is 3.04. The van der Waals surface area contributed by atoms with Gasteiger partial charge in [-0.05, 0) is 29.2 Å². The van der Waals surface area contributed by atoms with Crippen molar-refractivity contribution >= 4 is 17.6 Å². The van der Waals surface area contributed by atoms with Crippen LogP contribution in [-0.2, 0) is 16.1 Å². The molecule has 0 heterocycles. The Morgan fingerprint density at radius 3 is 2.20 bits per heavy atom. The number of rotatable bonds is 6. The van der Waals surface area contributed by atoms with Gasteiger partial charge in [-0.15, -0.1) is 0 Å². The molecule has 3 aromatic carbocycles. The third kappa shape index (κ3) is 4.68. The maximum Gasteiger partial charge on any atom is 0.314 e. The Labute approximate surface area is 178 Å². The van der Waals surface area contributed by atoms with Crippen LogP contribution >= 0.6 is 11.6 Å². The number of ether oxygens (including phenoxy) is 1. The molecule has 0 aliphatic heterocycles. The highest BCUT2D eigenvalue weighted by Gasteiger charge is 2.27. The van der Waals surface area contributed by atoms with Crippen LogP contribution in [0.5, 0.6) is 0 Å². The van der Waals surface area contributed by atoms with Gasteiger partial charge >= 0.3 is 5.97 Å². The number of esters is 1. The van der Waals surface area contributed by atoms with Crippen LogP contribution in [0.3, 0.4) is 0 Å². The lowest BCUT2D eigenvalue weighted by Gasteiger charge is -2.20. The van der Waals surface area contributed by atoms with Crippen molar-refractivity contribution in [2.24, 2.45) is 5.92 Å². The minimum Gasteiger partial charge on any atom is -0.460 e. The lowest BCUT2D eigenvalue weighted by atomic mass is 9.88. The summed E-state index contributed by atoms with van der Waals surface area (Å²) in [6, 6.07) is 15.3. The minimum atomic E-state index is -1.11. The molecule has 0 radical (unpaired) electrons. The first-order chi connectivity index (χ1) is 14.3. The molecule has 0 aliphatic carbocycles. The first-order valence-corrected chi connectivity index (χ1v) is 9.81. The van der Waals surface area contributed by atoms with Crippen molar-refractivity contribution in [2.45, 2.75) is 26.4 Å². The highest BCUT2D eigenvalue weighted by Crippen LogP contribution is 2.31. The molecule has 6 heteroatoms. The largest absolute Gasteiger partial charge is 0.460 e. The van der Waals surface area contributed by atoms with E-state index in [0.717, 1.165) is 0 Å². The predicted molar refractivity (Wildman–Crippen MR) is 111 cm³/mol. The molecule has 2 nitrogen and oxygen atoms in total. The van der Waals surface area contributed by atoms with E-state index in [2.05, 4.69) is 0 Å². The molecule has 3 aromatic rings. The van der Waals surface area contributed by atoms with E-state index < -0.39 is 41.5 Å². The van der Waals surface area contributed by atoms with E-state index in [-0.39, 0.29) is 17.0 Å². The molecule has 0 aromatic heterocycles. The average Bonchev–Trinajstić information content (AvgIpc) is 2.70. The first kappa shape index (κ1) is 21.9. The van der Waals surface area contributed by atoms with Crippen LogP contribution in [0.4, 0.5) is 13.2 Å². The minimum absolute atomic E-state index is 0.124. The van der Waals surface area contributed by atoms with Gasteiger partial charge in [0.05, 0.1) is 17.0 Å². The van der Waals surface area contributed by atoms with E-state index in [9.17, 15) is 18.0 Å². The van der Waals surface area contributed by atoms with E-state index in [4.69, 9.17) is 16.3 Å². The van der Waals surface area contributed by atoms with Crippen LogP contribution in [-0.4, -0.2) is 5.97 Å². The van der Waals surface area contributed by atoms with Crippen LogP contribution in [0.1, 0.15) is 30.9 Å². The lowest BCUT2D eigenvalue weighted by molar-refractivity contribution is -0.148. The molecule has 0 saturated heterocycles. The summed E-state index contributed by atoms with van der Waals surface area (Å²) >= 11 is 5.90. The molecule has 1 atom stereocenters. The fourth-order valence-electron chi connectivity index (χ4n) is 3.33. The zero-order valence-corrected chi connectivity index (χ0v) is 17.2. The third-order valence-corrected chi connectivity index (χ3v) is 5.09. The number of halogens is 4. The van der Waals surface area contributed by atoms with Gasteiger partial charge in [0, 0.05) is 11.1 Å². The fraction of sp³-hybridized carbons (Fsp3) is 0.208. The molecule has 0 fully saturated rings. The lowest BCUT2D eigenvalue weighted by Crippen LogP contribution is -2.21. The number of benzene rings is 3. The molecule has 3 rings (SSSR count). The topological polar surface area (TPSA) is 26.3 Å². The summed E-state index contributed by atoms with van der Waals surface area (Å²) < 4.78 is 48.8. The zero-order chi connectivity index (χ0) is 21.8. The Balaban J connectivity index is 1.87. The van der Waals surface area contributed by atoms with Crippen molar-refractivity contribution < 1.29 is 22.7 Å². The maximum atomic E-state index is 15.0. The quantitative estimate of drug-likeness (QED) is 0.396. The second-order valence-corrected chi connectivity index (χ2v) is 7.69. The number of carbonyl (C=O) groups is 1. The highest BCUT2D eigenvalue weighted by atomic mass is 35.5. The second-order valence-electron chi connectivity index (χ2n) is 7.25. The normalized spacial score (nSPS) is 12.1. The van der Waals surface area contributed by atoms with E-state index in [0.29, 0.717) is 16.7 Å². The molecule has 1 unspecified atom stereocenters. The molecule has 156 valence electrons. The van der Waals surface area contributed by atoms with Gasteiger partial charge in [-0.1, -0.05) is 67.9 Å². The molecule has 0 N–H and O–H groups in total. The third-order valence-electron chi connectivity index (χ3n) is 4.84. The van der Waals surface area contributed by atoms with E-state index >= 15 is 0 Å². The van der Waals surface area contributed by atoms with Crippen molar-refractivity contribution in [1.29, 1.82) is 0 Å². The predicted octanol–water partition coefficient (Wildman–Crippen LogP) is 6.91. The van der Waals surface area contributed by atoms with Crippen LogP contribution in [0.2, 0.25) is 5.02 Å². The highest BCUT2D eigenvalue weighted by molar-refractivity contribution is 6.30. The Hall–Kier alpha value is -2.79. The summed E-state index contributed by atoms with van der Waals surface area (Å²) in [5.74, 6) is -4.60. The van der Waals surface area contributed by atoms with Gasteiger partial charge in [-0.2, -0.15) is 0 Å². The van der Waals surface area contributed by atoms with Crippen molar-refractivity contribution in [3.05, 3.63) is 94.3 Å². The Morgan fingerprint density at radius 2 is 1.60 bits per heavy atom. The molecule has 0 spiro atoms. The molecule has 0 bridgehead atoms. The second kappa shape index (κ2) is 9.35. The molecular formula is C24H20ClF3O2. The van der Waals surface area contributed by atoms with Crippen molar-refractivity contribution in [3.8, 4) is 11.1 Å². The van der Waals surface area contributed by atoms with Crippen molar-refractivity contribution in [3.63, 3.8) is 0 Å². The first-order valence-electron chi connectivity index (χ1n) is 9.43. The average molecular weight is 433 g/mol. The number of hydrogen-bond donors (Lipinski definition) is 0. The van der Waals surface area contributed by atoms with Gasteiger partial charge in [-0.25, -0.2) is 13.2 Å². The van der Waals surface area contributed by atoms with Crippen LogP contribution < -0.4 is 0 Å². The smallest absolute Gasteiger partial charge is 0.314 e. The zero-order valence-electron chi connectivity index (χ0n) is 16.5. The SMILES string of the molecule is CC(C)C(C(=O)OCc1c(F)cc(F)c(-c2ccccc2)c1F)c1ccc(Cl)cc1. The van der Waals surface area contributed by atoms with Crippen LogP contribution in [0.15, 0.2) is 60.7 Å². The van der Waals surface area contributed by atoms with E-state index in [1.807, 2.05) is 13.8 Å². The maximum absolute atomic E-state index is 15.0. The number of carbonyl (C=O) groups excluding carboxylic acids is 1. The Morgan fingerprint density at radius 1 is 0.967 bits per heavy atom. The summed E-state index contributed by atoms with van der Waals surface area (Å²) in [5.41, 5.74) is 0.0918. The van der Waals surface area contributed by atoms with Crippen LogP contribution in [0, 0.1) is 23.4 Å². The molecular weight excluding hydrogens is 413 g/mol. The molecule has 30 heavy (non-hydrogen) atoms. The standard InChI is InChI=1S/C24H20ClF3O2/c1-14(2)21(16-8-10-17(25)11-9-16)24(29)30-13-18-19(26)12-20(27)22(23(18)28)15-6-4-3-5-7-15/h3-12,14,21H,13H2,1-2H3. The van der Waals surface area contributed by atoms with Gasteiger partial charge in [0.15, 0.2) is 0 Å². The van der Waals surface area contributed by atoms with Gasteiger partial charge in [0.1, 0.15) is 24.1 Å².